The van der Waals surface area contributed by atoms with Crippen LogP contribution >= 0.6 is 0 Å². The molecule has 3 rings (SSSR count). The van der Waals surface area contributed by atoms with Gasteiger partial charge in [-0.25, -0.2) is 8.42 Å². The fraction of sp³-hybridized carbons (Fsp3) is 0.421. The summed E-state index contributed by atoms with van der Waals surface area (Å²) in [4.78, 5) is 6.68. The van der Waals surface area contributed by atoms with Gasteiger partial charge in [-0.05, 0) is 23.8 Å². The van der Waals surface area contributed by atoms with Crippen LogP contribution in [0, 0.1) is 0 Å². The Labute approximate surface area is 165 Å². The predicted octanol–water partition coefficient (Wildman–Crippen LogP) is 2.37. The molecule has 0 bridgehead atoms. The lowest BCUT2D eigenvalue weighted by molar-refractivity contribution is 0.397. The molecule has 0 aliphatic carbocycles. The van der Waals surface area contributed by atoms with E-state index in [1.807, 2.05) is 0 Å². The summed E-state index contributed by atoms with van der Waals surface area (Å²) in [7, 11) is -2.44. The van der Waals surface area contributed by atoms with Gasteiger partial charge < -0.3 is 15.0 Å². The van der Waals surface area contributed by atoms with Gasteiger partial charge in [-0.1, -0.05) is 25.1 Å². The van der Waals surface area contributed by atoms with Gasteiger partial charge >= 0.3 is 0 Å². The van der Waals surface area contributed by atoms with Gasteiger partial charge in [-0.15, -0.1) is 0 Å². The van der Waals surface area contributed by atoms with Crippen LogP contribution in [-0.4, -0.2) is 53.4 Å². The lowest BCUT2D eigenvalue weighted by Crippen LogP contribution is -2.44. The fourth-order valence-corrected chi connectivity index (χ4v) is 4.21. The van der Waals surface area contributed by atoms with Crippen LogP contribution < -0.4 is 19.7 Å². The van der Waals surface area contributed by atoms with Crippen LogP contribution in [0.2, 0.25) is 0 Å². The van der Waals surface area contributed by atoms with Crippen LogP contribution in [0.4, 0.5) is 15.9 Å². The van der Waals surface area contributed by atoms with E-state index >= 15 is 0 Å². The van der Waals surface area contributed by atoms with E-state index in [2.05, 4.69) is 19.9 Å². The summed E-state index contributed by atoms with van der Waals surface area (Å²) in [6, 6.07) is 9.76. The van der Waals surface area contributed by atoms with Gasteiger partial charge in [-0.3, -0.25) is 9.11 Å². The number of anilines is 2. The van der Waals surface area contributed by atoms with Crippen molar-refractivity contribution >= 4 is 21.5 Å². The Hall–Kier alpha value is -2.39. The van der Waals surface area contributed by atoms with Crippen molar-refractivity contribution in [3.63, 3.8) is 0 Å². The van der Waals surface area contributed by atoms with E-state index in [1.165, 1.54) is 19.2 Å². The van der Waals surface area contributed by atoms with Crippen molar-refractivity contribution in [3.8, 4) is 5.88 Å². The first-order valence-electron chi connectivity index (χ1n) is 9.14. The highest BCUT2D eigenvalue weighted by atomic mass is 32.2. The van der Waals surface area contributed by atoms with Crippen LogP contribution in [0.1, 0.15) is 18.4 Å². The quantitative estimate of drug-likeness (QED) is 0.732. The molecule has 9 heteroatoms. The van der Waals surface area contributed by atoms with Crippen molar-refractivity contribution < 1.29 is 17.5 Å². The van der Waals surface area contributed by atoms with E-state index in [-0.39, 0.29) is 16.5 Å². The number of sulfonamides is 1. The molecule has 0 spiro atoms. The molecular weight excluding hydrogens is 383 g/mol. The van der Waals surface area contributed by atoms with Crippen molar-refractivity contribution in [3.05, 3.63) is 42.0 Å². The second-order valence-corrected chi connectivity index (χ2v) is 8.35. The van der Waals surface area contributed by atoms with Crippen LogP contribution in [-0.2, 0) is 10.0 Å². The predicted molar refractivity (Wildman–Crippen MR) is 108 cm³/mol. The van der Waals surface area contributed by atoms with Gasteiger partial charge in [0.15, 0.2) is 0 Å². The van der Waals surface area contributed by atoms with Crippen molar-refractivity contribution in [2.75, 3.05) is 49.6 Å². The largest absolute Gasteiger partial charge is 0.479 e. The summed E-state index contributed by atoms with van der Waals surface area (Å²) in [5, 5.41) is 3.27. The molecule has 7 nitrogen and oxygen atoms in total. The minimum Gasteiger partial charge on any atom is -0.479 e. The van der Waals surface area contributed by atoms with E-state index < -0.39 is 22.6 Å². The molecule has 2 heterocycles. The molecule has 0 amide bonds. The first-order valence-corrected chi connectivity index (χ1v) is 10.6. The molecule has 2 aromatic rings. The van der Waals surface area contributed by atoms with E-state index in [1.54, 1.807) is 31.2 Å². The number of halogens is 1. The van der Waals surface area contributed by atoms with Gasteiger partial charge in [0.05, 0.1) is 18.7 Å². The minimum absolute atomic E-state index is 0.113. The standard InChI is InChI=1S/C19H25FN4O3S/c1-14(13-20)16-12-17(24-10-8-21-9-11-24)22-19(27-2)18(16)23-28(25,26)15-6-4-3-5-7-15/h3-7,12,14,21,23H,8-11,13H2,1-2H3/t14-/m1/s1. The number of alkyl halides is 1. The normalized spacial score (nSPS) is 15.9. The second-order valence-electron chi connectivity index (χ2n) is 6.66. The van der Waals surface area contributed by atoms with E-state index in [0.717, 1.165) is 26.2 Å². The lowest BCUT2D eigenvalue weighted by atomic mass is 10.0. The Morgan fingerprint density at radius 1 is 1.29 bits per heavy atom. The van der Waals surface area contributed by atoms with Crippen LogP contribution in [0.15, 0.2) is 41.3 Å². The topological polar surface area (TPSA) is 83.6 Å². The van der Waals surface area contributed by atoms with Crippen molar-refractivity contribution in [1.29, 1.82) is 0 Å². The number of aromatic nitrogens is 1. The number of nitrogens with one attached hydrogen (secondary N) is 2. The zero-order chi connectivity index (χ0) is 20.1. The second kappa shape index (κ2) is 8.74. The van der Waals surface area contributed by atoms with Gasteiger partial charge in [0, 0.05) is 32.1 Å². The number of benzene rings is 1. The molecule has 1 saturated heterocycles. The van der Waals surface area contributed by atoms with Crippen LogP contribution in [0.5, 0.6) is 5.88 Å². The first kappa shape index (κ1) is 20.3. The SMILES string of the molecule is COc1nc(N2CCNCC2)cc([C@H](C)CF)c1NS(=O)(=O)c1ccccc1. The van der Waals surface area contributed by atoms with Gasteiger partial charge in [0.25, 0.3) is 10.0 Å². The third-order valence-electron chi connectivity index (χ3n) is 4.69. The minimum atomic E-state index is -3.86. The summed E-state index contributed by atoms with van der Waals surface area (Å²) >= 11 is 0. The Balaban J connectivity index is 2.05. The number of piperazine rings is 1. The maximum absolute atomic E-state index is 13.6. The number of hydrogen-bond acceptors (Lipinski definition) is 6. The summed E-state index contributed by atoms with van der Waals surface area (Å²) in [5.41, 5.74) is 0.692. The van der Waals surface area contributed by atoms with Gasteiger partial charge in [-0.2, -0.15) is 4.98 Å². The fourth-order valence-electron chi connectivity index (χ4n) is 3.10. The highest BCUT2D eigenvalue weighted by Crippen LogP contribution is 2.37. The molecule has 0 saturated carbocycles. The summed E-state index contributed by atoms with van der Waals surface area (Å²) in [5.74, 6) is 0.259. The number of hydrogen-bond donors (Lipinski definition) is 2. The van der Waals surface area contributed by atoms with Crippen molar-refractivity contribution in [2.45, 2.75) is 17.7 Å². The Morgan fingerprint density at radius 3 is 2.57 bits per heavy atom. The average Bonchev–Trinajstić information content (AvgIpc) is 2.74. The monoisotopic (exact) mass is 408 g/mol. The number of nitrogens with zero attached hydrogens (tertiary/aromatic N) is 2. The first-order chi connectivity index (χ1) is 13.5. The average molecular weight is 408 g/mol. The maximum atomic E-state index is 13.6. The summed E-state index contributed by atoms with van der Waals surface area (Å²) in [6.45, 7) is 4.23. The maximum Gasteiger partial charge on any atom is 0.262 e. The van der Waals surface area contributed by atoms with Crippen LogP contribution in [0.3, 0.4) is 0 Å². The number of methoxy groups -OCH3 is 1. The molecule has 28 heavy (non-hydrogen) atoms. The molecule has 2 N–H and O–H groups in total. The summed E-state index contributed by atoms with van der Waals surface area (Å²) < 4.78 is 47.1. The molecule has 152 valence electrons. The zero-order valence-corrected chi connectivity index (χ0v) is 16.8. The highest BCUT2D eigenvalue weighted by molar-refractivity contribution is 7.92. The zero-order valence-electron chi connectivity index (χ0n) is 16.0. The van der Waals surface area contributed by atoms with Gasteiger partial charge in [0.2, 0.25) is 5.88 Å². The van der Waals surface area contributed by atoms with E-state index in [0.29, 0.717) is 11.4 Å². The molecule has 1 aliphatic rings. The van der Waals surface area contributed by atoms with E-state index in [4.69, 9.17) is 4.74 Å². The molecular formula is C19H25FN4O3S. The Morgan fingerprint density at radius 2 is 1.96 bits per heavy atom. The smallest absolute Gasteiger partial charge is 0.262 e. The molecule has 1 atom stereocenters. The molecule has 0 unspecified atom stereocenters. The number of pyridine rings is 1. The third kappa shape index (κ3) is 4.36. The van der Waals surface area contributed by atoms with E-state index in [9.17, 15) is 12.8 Å². The highest BCUT2D eigenvalue weighted by Gasteiger charge is 2.25. The number of ether oxygens (including phenoxy) is 1. The van der Waals surface area contributed by atoms with Crippen molar-refractivity contribution in [2.24, 2.45) is 0 Å². The van der Waals surface area contributed by atoms with Crippen molar-refractivity contribution in [1.82, 2.24) is 10.3 Å². The van der Waals surface area contributed by atoms with Crippen LogP contribution in [0.25, 0.3) is 0 Å². The Bertz CT molecular complexity index is 903. The molecule has 1 fully saturated rings. The molecule has 0 radical (unpaired) electrons. The Kier molecular flexibility index (Phi) is 6.35. The molecule has 1 aromatic carbocycles. The summed E-state index contributed by atoms with van der Waals surface area (Å²) in [6.07, 6.45) is 0. The van der Waals surface area contributed by atoms with Gasteiger partial charge in [0.1, 0.15) is 11.5 Å². The lowest BCUT2D eigenvalue weighted by Gasteiger charge is -2.30. The number of rotatable bonds is 7. The molecule has 1 aliphatic heterocycles. The molecule has 1 aromatic heterocycles. The third-order valence-corrected chi connectivity index (χ3v) is 6.06.